The van der Waals surface area contributed by atoms with Crippen molar-refractivity contribution in [1.29, 1.82) is 0 Å². The second kappa shape index (κ2) is 8.81. The first-order chi connectivity index (χ1) is 18.5. The highest BCUT2D eigenvalue weighted by Gasteiger charge is 2.34. The molecule has 2 aromatic carbocycles. The van der Waals surface area contributed by atoms with Crippen molar-refractivity contribution >= 4 is 50.2 Å². The summed E-state index contributed by atoms with van der Waals surface area (Å²) in [4.78, 5) is 42.8. The Morgan fingerprint density at radius 1 is 1.21 bits per heavy atom. The number of aromatic amines is 1. The lowest BCUT2D eigenvalue weighted by Gasteiger charge is -2.25. The molecule has 0 bridgehead atoms. The van der Waals surface area contributed by atoms with E-state index < -0.39 is 28.7 Å². The maximum absolute atomic E-state index is 13.3. The molecular weight excluding hydrogens is 536 g/mol. The number of benzene rings is 2. The summed E-state index contributed by atoms with van der Waals surface area (Å²) in [5.74, 6) is -1.16. The number of nitrogens with one attached hydrogen (secondary N) is 1. The normalized spacial score (nSPS) is 15.8. The van der Waals surface area contributed by atoms with Gasteiger partial charge in [-0.15, -0.1) is 11.3 Å². The van der Waals surface area contributed by atoms with Crippen molar-refractivity contribution < 1.29 is 9.90 Å². The van der Waals surface area contributed by atoms with Crippen LogP contribution in [0.4, 0.5) is 0 Å². The largest absolute Gasteiger partial charge is 0.386 e. The molecule has 1 atom stereocenters. The summed E-state index contributed by atoms with van der Waals surface area (Å²) in [6, 6.07) is 12.4. The van der Waals surface area contributed by atoms with Crippen LogP contribution < -0.4 is 17.0 Å². The van der Waals surface area contributed by atoms with E-state index in [0.717, 1.165) is 26.6 Å². The van der Waals surface area contributed by atoms with Crippen LogP contribution in [-0.4, -0.2) is 25.0 Å². The van der Waals surface area contributed by atoms with Crippen LogP contribution in [0.2, 0.25) is 0 Å². The Balaban J connectivity index is 1.62. The fraction of sp³-hybridized carbons (Fsp3) is 0.207. The Kier molecular flexibility index (Phi) is 5.73. The van der Waals surface area contributed by atoms with E-state index >= 15 is 0 Å². The average Bonchev–Trinajstić information content (AvgIpc) is 3.49. The summed E-state index contributed by atoms with van der Waals surface area (Å²) in [6.45, 7) is 5.26. The van der Waals surface area contributed by atoms with Crippen LogP contribution in [0.1, 0.15) is 54.1 Å². The number of halogens is 1. The lowest BCUT2D eigenvalue weighted by molar-refractivity contribution is -0.119. The Morgan fingerprint density at radius 2 is 1.97 bits per heavy atom. The van der Waals surface area contributed by atoms with Crippen molar-refractivity contribution in [2.45, 2.75) is 38.7 Å². The molecule has 1 aliphatic rings. The molecule has 3 aromatic heterocycles. The first-order valence-electron chi connectivity index (χ1n) is 12.4. The highest BCUT2D eigenvalue weighted by atomic mass is 35.5. The Morgan fingerprint density at radius 3 is 2.69 bits per heavy atom. The Labute approximate surface area is 231 Å². The third kappa shape index (κ3) is 3.88. The molecule has 39 heavy (non-hydrogen) atoms. The van der Waals surface area contributed by atoms with E-state index in [9.17, 15) is 19.5 Å². The van der Waals surface area contributed by atoms with E-state index in [2.05, 4.69) is 4.98 Å². The van der Waals surface area contributed by atoms with E-state index in [0.29, 0.717) is 37.9 Å². The molecule has 0 spiro atoms. The van der Waals surface area contributed by atoms with E-state index in [-0.39, 0.29) is 6.42 Å². The molecule has 10 heteroatoms. The highest BCUT2D eigenvalue weighted by molar-refractivity contribution is 7.15. The molecule has 5 aromatic rings. The lowest BCUT2D eigenvalue weighted by Crippen LogP contribution is -2.35. The molecule has 0 saturated carbocycles. The molecule has 8 nitrogen and oxygen atoms in total. The summed E-state index contributed by atoms with van der Waals surface area (Å²) >= 11 is 8.24. The standard InChI is InChI=1S/C29H25ClN4O4S/c1-14-16(5-4-6-21(14)34-22(35)13-23-33(28(34)37)9-10-39-23)24-19(30)12-18(27(31)36)26-25(24)17-8-7-15(29(2,3)38)11-20(17)32-26/h4-11,13,18,32,38H,12H2,1-3H3,(H2,31,36)/t18-/m0/s1. The number of primary amides is 1. The molecule has 6 rings (SSSR count). The SMILES string of the molecule is Cc1c(C2=C(Cl)C[C@H](C(N)=O)c3[nH]c4cc(C(C)(C)O)ccc4c32)cccc1-n1c(=O)cc2sccn2c1=O. The zero-order chi connectivity index (χ0) is 27.8. The van der Waals surface area contributed by atoms with Crippen molar-refractivity contribution in [2.75, 3.05) is 0 Å². The van der Waals surface area contributed by atoms with Crippen LogP contribution in [0.25, 0.3) is 27.0 Å². The van der Waals surface area contributed by atoms with Gasteiger partial charge in [0.1, 0.15) is 4.83 Å². The summed E-state index contributed by atoms with van der Waals surface area (Å²) in [7, 11) is 0. The van der Waals surface area contributed by atoms with Crippen LogP contribution in [0.15, 0.2) is 68.7 Å². The van der Waals surface area contributed by atoms with E-state index in [4.69, 9.17) is 17.3 Å². The molecule has 4 N–H and O–H groups in total. The van der Waals surface area contributed by atoms with E-state index in [1.807, 2.05) is 31.2 Å². The number of carbonyl (C=O) groups excluding carboxylic acids is 1. The van der Waals surface area contributed by atoms with E-state index in [1.54, 1.807) is 37.6 Å². The summed E-state index contributed by atoms with van der Waals surface area (Å²) in [6.07, 6.45) is 1.85. The quantitative estimate of drug-likeness (QED) is 0.299. The number of thiazole rings is 1. The smallest absolute Gasteiger partial charge is 0.340 e. The number of fused-ring (bicyclic) bond motifs is 4. The Hall–Kier alpha value is -3.92. The molecule has 0 unspecified atom stereocenters. The zero-order valence-electron chi connectivity index (χ0n) is 21.4. The number of H-pyrrole nitrogens is 1. The molecule has 0 radical (unpaired) electrons. The molecule has 1 aliphatic carbocycles. The molecule has 0 fully saturated rings. The van der Waals surface area contributed by atoms with Crippen molar-refractivity contribution in [1.82, 2.24) is 14.0 Å². The number of rotatable bonds is 4. The zero-order valence-corrected chi connectivity index (χ0v) is 23.0. The molecular formula is C29H25ClN4O4S. The minimum Gasteiger partial charge on any atom is -0.386 e. The van der Waals surface area contributed by atoms with Gasteiger partial charge >= 0.3 is 5.69 Å². The number of carbonyl (C=O) groups is 1. The highest BCUT2D eigenvalue weighted by Crippen LogP contribution is 2.47. The van der Waals surface area contributed by atoms with Crippen LogP contribution in [0.3, 0.4) is 0 Å². The third-order valence-corrected chi connectivity index (χ3v) is 8.60. The van der Waals surface area contributed by atoms with Crippen molar-refractivity contribution in [3.63, 3.8) is 0 Å². The minimum absolute atomic E-state index is 0.206. The van der Waals surface area contributed by atoms with Crippen molar-refractivity contribution in [3.8, 4) is 5.69 Å². The van der Waals surface area contributed by atoms with Gasteiger partial charge in [0.15, 0.2) is 0 Å². The van der Waals surface area contributed by atoms with Gasteiger partial charge in [0.2, 0.25) is 5.91 Å². The van der Waals surface area contributed by atoms with Gasteiger partial charge in [-0.05, 0) is 49.6 Å². The number of amides is 1. The monoisotopic (exact) mass is 560 g/mol. The van der Waals surface area contributed by atoms with Gasteiger partial charge in [0, 0.05) is 56.8 Å². The first kappa shape index (κ1) is 25.4. The van der Waals surface area contributed by atoms with E-state index in [1.165, 1.54) is 21.8 Å². The van der Waals surface area contributed by atoms with Crippen LogP contribution in [0, 0.1) is 6.92 Å². The fourth-order valence-corrected chi connectivity index (χ4v) is 6.55. The number of aliphatic hydroxyl groups is 1. The third-order valence-electron chi connectivity index (χ3n) is 7.45. The molecule has 3 heterocycles. The van der Waals surface area contributed by atoms with Crippen LogP contribution in [-0.2, 0) is 10.4 Å². The summed E-state index contributed by atoms with van der Waals surface area (Å²) in [5, 5.41) is 13.6. The second-order valence-corrected chi connectivity index (χ2v) is 11.7. The number of nitrogens with two attached hydrogens (primary N) is 1. The number of hydrogen-bond acceptors (Lipinski definition) is 5. The number of aromatic nitrogens is 3. The van der Waals surface area contributed by atoms with Gasteiger partial charge in [-0.3, -0.25) is 14.0 Å². The second-order valence-electron chi connectivity index (χ2n) is 10.3. The average molecular weight is 561 g/mol. The number of allylic oxidation sites excluding steroid dienone is 1. The van der Waals surface area contributed by atoms with Crippen LogP contribution in [0.5, 0.6) is 0 Å². The summed E-state index contributed by atoms with van der Waals surface area (Å²) in [5.41, 5.74) is 9.26. The van der Waals surface area contributed by atoms with Crippen molar-refractivity contribution in [3.05, 3.63) is 108 Å². The van der Waals surface area contributed by atoms with Gasteiger partial charge < -0.3 is 15.8 Å². The van der Waals surface area contributed by atoms with Gasteiger partial charge in [-0.1, -0.05) is 35.9 Å². The molecule has 0 saturated heterocycles. The first-order valence-corrected chi connectivity index (χ1v) is 13.6. The topological polar surface area (TPSA) is 123 Å². The molecule has 198 valence electrons. The molecule has 0 aliphatic heterocycles. The van der Waals surface area contributed by atoms with Gasteiger partial charge in [-0.2, -0.15) is 0 Å². The fourth-order valence-electron chi connectivity index (χ4n) is 5.46. The van der Waals surface area contributed by atoms with Gasteiger partial charge in [0.05, 0.1) is 17.2 Å². The van der Waals surface area contributed by atoms with Gasteiger partial charge in [0.25, 0.3) is 5.56 Å². The van der Waals surface area contributed by atoms with Crippen molar-refractivity contribution in [2.24, 2.45) is 5.73 Å². The maximum Gasteiger partial charge on any atom is 0.340 e. The number of nitrogens with zero attached hydrogens (tertiary/aromatic N) is 2. The molecule has 1 amide bonds. The predicted octanol–water partition coefficient (Wildman–Crippen LogP) is 4.50. The maximum atomic E-state index is 13.3. The lowest BCUT2D eigenvalue weighted by atomic mass is 9.81. The van der Waals surface area contributed by atoms with Gasteiger partial charge in [-0.25, -0.2) is 9.36 Å². The number of hydrogen-bond donors (Lipinski definition) is 3. The van der Waals surface area contributed by atoms with Crippen LogP contribution >= 0.6 is 22.9 Å². The minimum atomic E-state index is -1.06. The predicted molar refractivity (Wildman–Crippen MR) is 154 cm³/mol. The summed E-state index contributed by atoms with van der Waals surface area (Å²) < 4.78 is 2.61. The Bertz CT molecular complexity index is 1990.